The van der Waals surface area contributed by atoms with E-state index in [1.807, 2.05) is 30.3 Å². The van der Waals surface area contributed by atoms with Crippen molar-refractivity contribution in [3.05, 3.63) is 30.3 Å². The molecule has 0 bridgehead atoms. The van der Waals surface area contributed by atoms with Gasteiger partial charge < -0.3 is 10.0 Å². The van der Waals surface area contributed by atoms with E-state index < -0.39 is 17.4 Å². The number of carbonyl (C=O) groups excluding carboxylic acids is 1. The SMILES string of the molecule is C[C@@H](C(=O)N1CC[C@](C)(C(=O)O)C1)n1nnc(-c2ccccc2)n1. The number of carboxylic acid groups (broad SMARTS) is 1. The molecule has 2 aromatic rings. The van der Waals surface area contributed by atoms with Gasteiger partial charge in [-0.25, -0.2) is 0 Å². The largest absolute Gasteiger partial charge is 0.481 e. The van der Waals surface area contributed by atoms with E-state index in [1.165, 1.54) is 4.80 Å². The molecule has 2 atom stereocenters. The number of carbonyl (C=O) groups is 2. The van der Waals surface area contributed by atoms with Crippen LogP contribution in [0.3, 0.4) is 0 Å². The molecular weight excluding hydrogens is 310 g/mol. The molecule has 1 N–H and O–H groups in total. The van der Waals surface area contributed by atoms with E-state index in [0.717, 1.165) is 5.56 Å². The summed E-state index contributed by atoms with van der Waals surface area (Å²) in [6.07, 6.45) is 0.445. The van der Waals surface area contributed by atoms with Gasteiger partial charge in [-0.1, -0.05) is 30.3 Å². The van der Waals surface area contributed by atoms with Gasteiger partial charge in [0, 0.05) is 18.7 Å². The van der Waals surface area contributed by atoms with E-state index in [4.69, 9.17) is 0 Å². The molecule has 0 radical (unpaired) electrons. The van der Waals surface area contributed by atoms with Crippen molar-refractivity contribution < 1.29 is 14.7 Å². The van der Waals surface area contributed by atoms with Crippen LogP contribution in [0, 0.1) is 5.41 Å². The molecule has 8 heteroatoms. The minimum absolute atomic E-state index is 0.197. The van der Waals surface area contributed by atoms with Crippen LogP contribution in [-0.4, -0.2) is 55.2 Å². The highest BCUT2D eigenvalue weighted by Gasteiger charge is 2.43. The van der Waals surface area contributed by atoms with Gasteiger partial charge in [0.15, 0.2) is 0 Å². The minimum Gasteiger partial charge on any atom is -0.481 e. The average molecular weight is 329 g/mol. The number of nitrogens with zero attached hydrogens (tertiary/aromatic N) is 5. The fourth-order valence-electron chi connectivity index (χ4n) is 2.78. The fourth-order valence-corrected chi connectivity index (χ4v) is 2.78. The molecule has 126 valence electrons. The van der Waals surface area contributed by atoms with Gasteiger partial charge in [-0.2, -0.15) is 4.80 Å². The molecule has 1 fully saturated rings. The zero-order valence-electron chi connectivity index (χ0n) is 13.6. The summed E-state index contributed by atoms with van der Waals surface area (Å²) in [6, 6.07) is 8.75. The van der Waals surface area contributed by atoms with Gasteiger partial charge in [0.25, 0.3) is 0 Å². The average Bonchev–Trinajstić information content (AvgIpc) is 3.22. The quantitative estimate of drug-likeness (QED) is 0.905. The lowest BCUT2D eigenvalue weighted by molar-refractivity contribution is -0.147. The maximum absolute atomic E-state index is 12.6. The number of amides is 1. The monoisotopic (exact) mass is 329 g/mol. The van der Waals surface area contributed by atoms with Crippen LogP contribution in [0.25, 0.3) is 11.4 Å². The minimum atomic E-state index is -0.889. The number of aromatic nitrogens is 4. The second kappa shape index (κ2) is 6.03. The highest BCUT2D eigenvalue weighted by atomic mass is 16.4. The zero-order chi connectivity index (χ0) is 17.3. The lowest BCUT2D eigenvalue weighted by atomic mass is 9.90. The normalized spacial score (nSPS) is 21.7. The van der Waals surface area contributed by atoms with Gasteiger partial charge in [0.05, 0.1) is 5.41 Å². The molecule has 1 aliphatic heterocycles. The van der Waals surface area contributed by atoms with Crippen molar-refractivity contribution in [2.45, 2.75) is 26.3 Å². The molecule has 0 aliphatic carbocycles. The standard InChI is InChI=1S/C16H19N5O3/c1-11(14(22)20-9-8-16(2,10-20)15(23)24)21-18-13(17-19-21)12-6-4-3-5-7-12/h3-7,11H,8-10H2,1-2H3,(H,23,24)/t11-,16-/m0/s1. The molecule has 3 rings (SSSR count). The molecule has 2 heterocycles. The third kappa shape index (κ3) is 2.86. The molecule has 0 spiro atoms. The molecule has 0 unspecified atom stereocenters. The first-order valence-corrected chi connectivity index (χ1v) is 7.78. The maximum atomic E-state index is 12.6. The molecule has 1 aromatic heterocycles. The molecule has 1 aliphatic rings. The van der Waals surface area contributed by atoms with Gasteiger partial charge in [-0.3, -0.25) is 9.59 Å². The van der Waals surface area contributed by atoms with E-state index in [9.17, 15) is 14.7 Å². The van der Waals surface area contributed by atoms with Crippen LogP contribution >= 0.6 is 0 Å². The number of hydrogen-bond acceptors (Lipinski definition) is 5. The van der Waals surface area contributed by atoms with Crippen molar-refractivity contribution in [1.29, 1.82) is 0 Å². The van der Waals surface area contributed by atoms with Crippen LogP contribution in [-0.2, 0) is 9.59 Å². The van der Waals surface area contributed by atoms with Crippen molar-refractivity contribution in [2.75, 3.05) is 13.1 Å². The van der Waals surface area contributed by atoms with E-state index in [0.29, 0.717) is 18.8 Å². The van der Waals surface area contributed by atoms with Crippen molar-refractivity contribution in [3.8, 4) is 11.4 Å². The number of carboxylic acids is 1. The highest BCUT2D eigenvalue weighted by Crippen LogP contribution is 2.31. The van der Waals surface area contributed by atoms with Crippen LogP contribution in [0.5, 0.6) is 0 Å². The van der Waals surface area contributed by atoms with E-state index in [2.05, 4.69) is 15.4 Å². The lowest BCUT2D eigenvalue weighted by Gasteiger charge is -2.22. The zero-order valence-corrected chi connectivity index (χ0v) is 13.6. The maximum Gasteiger partial charge on any atom is 0.311 e. The molecule has 8 nitrogen and oxygen atoms in total. The molecular formula is C16H19N5O3. The van der Waals surface area contributed by atoms with Gasteiger partial charge >= 0.3 is 5.97 Å². The Bertz CT molecular complexity index is 760. The Kier molecular flexibility index (Phi) is 4.04. The van der Waals surface area contributed by atoms with Crippen LogP contribution < -0.4 is 0 Å². The third-order valence-electron chi connectivity index (χ3n) is 4.47. The number of aliphatic carboxylic acids is 1. The van der Waals surface area contributed by atoms with E-state index in [1.54, 1.807) is 18.7 Å². The van der Waals surface area contributed by atoms with Gasteiger partial charge in [-0.05, 0) is 25.5 Å². The Morgan fingerprint density at radius 3 is 2.62 bits per heavy atom. The van der Waals surface area contributed by atoms with Crippen molar-refractivity contribution in [1.82, 2.24) is 25.1 Å². The first kappa shape index (κ1) is 16.1. The second-order valence-electron chi connectivity index (χ2n) is 6.35. The Morgan fingerprint density at radius 1 is 1.29 bits per heavy atom. The third-order valence-corrected chi connectivity index (χ3v) is 4.47. The molecule has 1 aromatic carbocycles. The number of likely N-dealkylation sites (tertiary alicyclic amines) is 1. The number of hydrogen-bond donors (Lipinski definition) is 1. The van der Waals surface area contributed by atoms with Gasteiger partial charge in [0.1, 0.15) is 6.04 Å². The predicted octanol–water partition coefficient (Wildman–Crippen LogP) is 1.22. The molecule has 1 saturated heterocycles. The topological polar surface area (TPSA) is 101 Å². The number of benzene rings is 1. The van der Waals surface area contributed by atoms with E-state index >= 15 is 0 Å². The summed E-state index contributed by atoms with van der Waals surface area (Å²) in [5, 5.41) is 21.5. The summed E-state index contributed by atoms with van der Waals surface area (Å²) in [7, 11) is 0. The Labute approximate surface area is 139 Å². The van der Waals surface area contributed by atoms with Crippen molar-refractivity contribution in [2.24, 2.45) is 5.41 Å². The Balaban J connectivity index is 1.73. The first-order valence-electron chi connectivity index (χ1n) is 7.78. The summed E-state index contributed by atoms with van der Waals surface area (Å²) in [4.78, 5) is 26.8. The van der Waals surface area contributed by atoms with Gasteiger partial charge in [0.2, 0.25) is 11.7 Å². The Morgan fingerprint density at radius 2 is 2.00 bits per heavy atom. The first-order chi connectivity index (χ1) is 11.4. The molecule has 0 saturated carbocycles. The summed E-state index contributed by atoms with van der Waals surface area (Å²) in [5.74, 6) is -0.625. The summed E-state index contributed by atoms with van der Waals surface area (Å²) >= 11 is 0. The summed E-state index contributed by atoms with van der Waals surface area (Å²) < 4.78 is 0. The highest BCUT2D eigenvalue weighted by molar-refractivity contribution is 5.82. The fraction of sp³-hybridized carbons (Fsp3) is 0.438. The lowest BCUT2D eigenvalue weighted by Crippen LogP contribution is -2.38. The summed E-state index contributed by atoms with van der Waals surface area (Å²) in [5.41, 5.74) is -0.0663. The van der Waals surface area contributed by atoms with Crippen LogP contribution in [0.2, 0.25) is 0 Å². The van der Waals surface area contributed by atoms with Crippen LogP contribution in [0.15, 0.2) is 30.3 Å². The smallest absolute Gasteiger partial charge is 0.311 e. The van der Waals surface area contributed by atoms with Gasteiger partial charge in [-0.15, -0.1) is 10.2 Å². The van der Waals surface area contributed by atoms with Crippen molar-refractivity contribution >= 4 is 11.9 Å². The Hall–Kier alpha value is -2.77. The molecule has 1 amide bonds. The molecule has 24 heavy (non-hydrogen) atoms. The van der Waals surface area contributed by atoms with E-state index in [-0.39, 0.29) is 12.5 Å². The summed E-state index contributed by atoms with van der Waals surface area (Å²) in [6.45, 7) is 3.97. The van der Waals surface area contributed by atoms with Crippen molar-refractivity contribution in [3.63, 3.8) is 0 Å². The van der Waals surface area contributed by atoms with Crippen LogP contribution in [0.1, 0.15) is 26.3 Å². The van der Waals surface area contributed by atoms with Crippen LogP contribution in [0.4, 0.5) is 0 Å². The number of tetrazole rings is 1. The predicted molar refractivity (Wildman–Crippen MR) is 84.9 cm³/mol. The second-order valence-corrected chi connectivity index (χ2v) is 6.35. The number of rotatable bonds is 4.